The molecule has 0 bridgehead atoms. The zero-order chi connectivity index (χ0) is 15.5. The zero-order valence-electron chi connectivity index (χ0n) is 11.7. The fraction of sp³-hybridized carbons (Fsp3) is 0.125. The molecule has 6 heteroatoms. The molecule has 0 spiro atoms. The van der Waals surface area contributed by atoms with Crippen molar-refractivity contribution in [1.82, 2.24) is 0 Å². The third-order valence-corrected chi connectivity index (χ3v) is 3.76. The van der Waals surface area contributed by atoms with Gasteiger partial charge in [-0.05, 0) is 30.3 Å². The minimum Gasteiger partial charge on any atom is -0.411 e. The van der Waals surface area contributed by atoms with Gasteiger partial charge in [0.25, 0.3) is 0 Å². The SMILES string of the molecule is O=C(Nc1ccccc1)N1CC/C(=N/O)c2cc(Cl)ccc21. The first kappa shape index (κ1) is 14.4. The predicted octanol–water partition coefficient (Wildman–Crippen LogP) is 3.96. The van der Waals surface area contributed by atoms with Crippen LogP contribution in [0.5, 0.6) is 0 Å². The maximum absolute atomic E-state index is 12.5. The molecule has 2 amide bonds. The highest BCUT2D eigenvalue weighted by Crippen LogP contribution is 2.30. The molecule has 0 fully saturated rings. The molecule has 1 heterocycles. The molecule has 112 valence electrons. The number of amides is 2. The Balaban J connectivity index is 1.91. The standard InChI is InChI=1S/C16H14ClN3O2/c17-11-6-7-15-13(10-11)14(19-22)8-9-20(15)16(21)18-12-4-2-1-3-5-12/h1-7,10,22H,8-9H2,(H,18,21)/b19-14-. The number of para-hydroxylation sites is 1. The summed E-state index contributed by atoms with van der Waals surface area (Å²) < 4.78 is 0. The topological polar surface area (TPSA) is 64.9 Å². The molecule has 1 aliphatic rings. The summed E-state index contributed by atoms with van der Waals surface area (Å²) >= 11 is 6.00. The van der Waals surface area contributed by atoms with Gasteiger partial charge in [0.2, 0.25) is 0 Å². The molecule has 2 aromatic rings. The van der Waals surface area contributed by atoms with Crippen LogP contribution in [0.25, 0.3) is 0 Å². The van der Waals surface area contributed by atoms with Crippen LogP contribution in [0.15, 0.2) is 53.7 Å². The number of carbonyl (C=O) groups excluding carboxylic acids is 1. The first-order chi connectivity index (χ1) is 10.7. The molecule has 22 heavy (non-hydrogen) atoms. The van der Waals surface area contributed by atoms with Crippen LogP contribution in [0, 0.1) is 0 Å². The number of urea groups is 1. The minimum atomic E-state index is -0.230. The van der Waals surface area contributed by atoms with E-state index in [9.17, 15) is 4.79 Å². The number of nitrogens with one attached hydrogen (secondary N) is 1. The summed E-state index contributed by atoms with van der Waals surface area (Å²) in [5, 5.41) is 15.8. The molecule has 0 aliphatic carbocycles. The van der Waals surface area contributed by atoms with Crippen molar-refractivity contribution >= 4 is 34.7 Å². The Morgan fingerprint density at radius 3 is 2.73 bits per heavy atom. The van der Waals surface area contributed by atoms with Gasteiger partial charge in [-0.25, -0.2) is 4.79 Å². The molecule has 5 nitrogen and oxygen atoms in total. The van der Waals surface area contributed by atoms with Crippen LogP contribution in [0.1, 0.15) is 12.0 Å². The Morgan fingerprint density at radius 1 is 1.23 bits per heavy atom. The van der Waals surface area contributed by atoms with Crippen molar-refractivity contribution in [3.05, 3.63) is 59.1 Å². The third-order valence-electron chi connectivity index (χ3n) is 3.52. The molecule has 3 rings (SSSR count). The van der Waals surface area contributed by atoms with Gasteiger partial charge in [-0.15, -0.1) is 0 Å². The second kappa shape index (κ2) is 6.07. The van der Waals surface area contributed by atoms with E-state index in [4.69, 9.17) is 16.8 Å². The fourth-order valence-electron chi connectivity index (χ4n) is 2.47. The second-order valence-corrected chi connectivity index (χ2v) is 5.34. The van der Waals surface area contributed by atoms with Gasteiger partial charge in [0, 0.05) is 29.2 Å². The highest BCUT2D eigenvalue weighted by molar-refractivity contribution is 6.31. The summed E-state index contributed by atoms with van der Waals surface area (Å²) in [5.74, 6) is 0. The Labute approximate surface area is 132 Å². The number of oxime groups is 1. The van der Waals surface area contributed by atoms with Gasteiger partial charge in [-0.3, -0.25) is 4.90 Å². The number of anilines is 2. The maximum Gasteiger partial charge on any atom is 0.326 e. The molecule has 1 aliphatic heterocycles. The van der Waals surface area contributed by atoms with E-state index in [2.05, 4.69) is 10.5 Å². The van der Waals surface area contributed by atoms with Crippen LogP contribution in [-0.4, -0.2) is 23.5 Å². The number of halogens is 1. The van der Waals surface area contributed by atoms with Gasteiger partial charge in [-0.1, -0.05) is 35.0 Å². The lowest BCUT2D eigenvalue weighted by Crippen LogP contribution is -2.40. The molecular weight excluding hydrogens is 302 g/mol. The Morgan fingerprint density at radius 2 is 2.00 bits per heavy atom. The summed E-state index contributed by atoms with van der Waals surface area (Å²) in [6.07, 6.45) is 0.464. The monoisotopic (exact) mass is 315 g/mol. The van der Waals surface area contributed by atoms with E-state index < -0.39 is 0 Å². The van der Waals surface area contributed by atoms with Crippen molar-refractivity contribution in [2.24, 2.45) is 5.16 Å². The Hall–Kier alpha value is -2.53. The summed E-state index contributed by atoms with van der Waals surface area (Å²) in [6.45, 7) is 0.437. The number of hydrogen-bond donors (Lipinski definition) is 2. The van der Waals surface area contributed by atoms with E-state index in [0.29, 0.717) is 35.0 Å². The summed E-state index contributed by atoms with van der Waals surface area (Å²) in [6, 6.07) is 14.2. The fourth-order valence-corrected chi connectivity index (χ4v) is 2.65. The highest BCUT2D eigenvalue weighted by atomic mass is 35.5. The van der Waals surface area contributed by atoms with E-state index in [-0.39, 0.29) is 6.03 Å². The molecule has 2 N–H and O–H groups in total. The molecule has 0 aromatic heterocycles. The largest absolute Gasteiger partial charge is 0.411 e. The minimum absolute atomic E-state index is 0.230. The highest BCUT2D eigenvalue weighted by Gasteiger charge is 2.26. The first-order valence-electron chi connectivity index (χ1n) is 6.83. The summed E-state index contributed by atoms with van der Waals surface area (Å²) in [7, 11) is 0. The van der Waals surface area contributed by atoms with Gasteiger partial charge in [0.1, 0.15) is 0 Å². The number of nitrogens with zero attached hydrogens (tertiary/aromatic N) is 2. The number of rotatable bonds is 1. The van der Waals surface area contributed by atoms with Gasteiger partial charge in [0.15, 0.2) is 0 Å². The van der Waals surface area contributed by atoms with Crippen molar-refractivity contribution in [3.8, 4) is 0 Å². The third kappa shape index (κ3) is 2.76. The number of hydrogen-bond acceptors (Lipinski definition) is 3. The summed E-state index contributed by atoms with van der Waals surface area (Å²) in [4.78, 5) is 14.1. The van der Waals surface area contributed by atoms with Crippen molar-refractivity contribution < 1.29 is 10.0 Å². The molecule has 0 unspecified atom stereocenters. The first-order valence-corrected chi connectivity index (χ1v) is 7.21. The van der Waals surface area contributed by atoms with Crippen molar-refractivity contribution in [3.63, 3.8) is 0 Å². The number of carbonyl (C=O) groups is 1. The Kier molecular flexibility index (Phi) is 3.98. The average molecular weight is 316 g/mol. The quantitative estimate of drug-likeness (QED) is 0.618. The van der Waals surface area contributed by atoms with Crippen LogP contribution >= 0.6 is 11.6 Å². The second-order valence-electron chi connectivity index (χ2n) is 4.91. The van der Waals surface area contributed by atoms with Crippen LogP contribution in [0.2, 0.25) is 5.02 Å². The van der Waals surface area contributed by atoms with Crippen molar-refractivity contribution in [1.29, 1.82) is 0 Å². The van der Waals surface area contributed by atoms with Crippen LogP contribution in [0.4, 0.5) is 16.2 Å². The van der Waals surface area contributed by atoms with Crippen molar-refractivity contribution in [2.75, 3.05) is 16.8 Å². The van der Waals surface area contributed by atoms with Gasteiger partial charge in [-0.2, -0.15) is 0 Å². The van der Waals surface area contributed by atoms with Crippen LogP contribution in [-0.2, 0) is 0 Å². The average Bonchev–Trinajstić information content (AvgIpc) is 2.54. The zero-order valence-corrected chi connectivity index (χ0v) is 12.4. The van der Waals surface area contributed by atoms with Crippen molar-refractivity contribution in [2.45, 2.75) is 6.42 Å². The van der Waals surface area contributed by atoms with Gasteiger partial charge >= 0.3 is 6.03 Å². The molecule has 2 aromatic carbocycles. The predicted molar refractivity (Wildman–Crippen MR) is 87.2 cm³/mol. The lowest BCUT2D eigenvalue weighted by molar-refractivity contribution is 0.257. The van der Waals surface area contributed by atoms with E-state index >= 15 is 0 Å². The van der Waals surface area contributed by atoms with E-state index in [1.807, 2.05) is 30.3 Å². The van der Waals surface area contributed by atoms with Crippen LogP contribution in [0.3, 0.4) is 0 Å². The molecule has 0 atom stereocenters. The normalized spacial score (nSPS) is 15.5. The van der Waals surface area contributed by atoms with Crippen LogP contribution < -0.4 is 10.2 Å². The molecule has 0 saturated heterocycles. The lowest BCUT2D eigenvalue weighted by atomic mass is 10.00. The lowest BCUT2D eigenvalue weighted by Gasteiger charge is -2.30. The van der Waals surface area contributed by atoms with E-state index in [1.165, 1.54) is 0 Å². The smallest absolute Gasteiger partial charge is 0.326 e. The summed E-state index contributed by atoms with van der Waals surface area (Å²) in [5.41, 5.74) is 2.60. The van der Waals surface area contributed by atoms with E-state index in [0.717, 1.165) is 5.69 Å². The molecule has 0 radical (unpaired) electrons. The number of benzene rings is 2. The Bertz CT molecular complexity index is 731. The molecular formula is C16H14ClN3O2. The maximum atomic E-state index is 12.5. The molecule has 0 saturated carbocycles. The number of fused-ring (bicyclic) bond motifs is 1. The van der Waals surface area contributed by atoms with E-state index in [1.54, 1.807) is 23.1 Å². The van der Waals surface area contributed by atoms with Gasteiger partial charge in [0.05, 0.1) is 11.4 Å². The van der Waals surface area contributed by atoms with Gasteiger partial charge < -0.3 is 10.5 Å².